The van der Waals surface area contributed by atoms with Crippen LogP contribution in [0.1, 0.15) is 43.1 Å². The summed E-state index contributed by atoms with van der Waals surface area (Å²) in [7, 11) is -3.70. The highest BCUT2D eigenvalue weighted by Crippen LogP contribution is 2.32. The highest BCUT2D eigenvalue weighted by molar-refractivity contribution is 7.92. The summed E-state index contributed by atoms with van der Waals surface area (Å²) in [5, 5.41) is 2.94. The van der Waals surface area contributed by atoms with Crippen LogP contribution in [0.4, 0.5) is 5.69 Å². The molecule has 1 amide bonds. The minimum absolute atomic E-state index is 0.135. The van der Waals surface area contributed by atoms with Crippen molar-refractivity contribution in [3.8, 4) is 0 Å². The third-order valence-electron chi connectivity index (χ3n) is 4.86. The smallest absolute Gasteiger partial charge is 0.264 e. The molecule has 0 atom stereocenters. The molecule has 0 aliphatic carbocycles. The van der Waals surface area contributed by atoms with E-state index in [0.29, 0.717) is 18.5 Å². The number of benzene rings is 2. The standard InChI is InChI=1S/C20H24N2O3S/c1-4-20(2,3)21-19(23)16-9-7-10-17(14-16)26(24,25)22-13-12-15-8-5-6-11-18(15)22/h5-11,14H,4,12-13H2,1-3H3,(H,21,23). The Labute approximate surface area is 155 Å². The molecule has 0 aromatic heterocycles. The summed E-state index contributed by atoms with van der Waals surface area (Å²) >= 11 is 0. The number of rotatable bonds is 5. The van der Waals surface area contributed by atoms with Crippen molar-refractivity contribution < 1.29 is 13.2 Å². The number of nitrogens with zero attached hydrogens (tertiary/aromatic N) is 1. The summed E-state index contributed by atoms with van der Waals surface area (Å²) in [6, 6.07) is 13.8. The van der Waals surface area contributed by atoms with E-state index in [1.807, 2.05) is 45.0 Å². The second kappa shape index (κ2) is 6.76. The second-order valence-corrected chi connectivity index (χ2v) is 9.04. The summed E-state index contributed by atoms with van der Waals surface area (Å²) < 4.78 is 27.6. The molecule has 1 aliphatic heterocycles. The molecule has 138 valence electrons. The van der Waals surface area contributed by atoms with Crippen LogP contribution in [0.5, 0.6) is 0 Å². The lowest BCUT2D eigenvalue weighted by Gasteiger charge is -2.25. The van der Waals surface area contributed by atoms with Gasteiger partial charge in [-0.25, -0.2) is 8.42 Å². The second-order valence-electron chi connectivity index (χ2n) is 7.18. The van der Waals surface area contributed by atoms with Crippen LogP contribution in [0.15, 0.2) is 53.4 Å². The molecule has 1 N–H and O–H groups in total. The summed E-state index contributed by atoms with van der Waals surface area (Å²) in [5.74, 6) is -0.268. The van der Waals surface area contributed by atoms with E-state index >= 15 is 0 Å². The van der Waals surface area contributed by atoms with Crippen molar-refractivity contribution in [3.63, 3.8) is 0 Å². The molecule has 0 unspecified atom stereocenters. The average Bonchev–Trinajstić information content (AvgIpc) is 3.06. The number of hydrogen-bond acceptors (Lipinski definition) is 3. The van der Waals surface area contributed by atoms with Crippen LogP contribution in [0.2, 0.25) is 0 Å². The molecule has 1 heterocycles. The number of nitrogens with one attached hydrogen (secondary N) is 1. The van der Waals surface area contributed by atoms with Crippen molar-refractivity contribution in [1.29, 1.82) is 0 Å². The van der Waals surface area contributed by atoms with Crippen molar-refractivity contribution in [3.05, 3.63) is 59.7 Å². The Morgan fingerprint density at radius 1 is 1.15 bits per heavy atom. The lowest BCUT2D eigenvalue weighted by molar-refractivity contribution is 0.0911. The molecule has 2 aromatic carbocycles. The first-order valence-corrected chi connectivity index (χ1v) is 10.2. The molecule has 0 spiro atoms. The SMILES string of the molecule is CCC(C)(C)NC(=O)c1cccc(S(=O)(=O)N2CCc3ccccc32)c1. The third-order valence-corrected chi connectivity index (χ3v) is 6.67. The summed E-state index contributed by atoms with van der Waals surface area (Å²) in [5.41, 5.74) is 1.74. The van der Waals surface area contributed by atoms with Crippen molar-refractivity contribution in [2.24, 2.45) is 0 Å². The predicted molar refractivity (Wildman–Crippen MR) is 103 cm³/mol. The molecule has 0 saturated carbocycles. The monoisotopic (exact) mass is 372 g/mol. The van der Waals surface area contributed by atoms with E-state index < -0.39 is 10.0 Å². The molecule has 1 aliphatic rings. The van der Waals surface area contributed by atoms with E-state index in [1.54, 1.807) is 12.1 Å². The number of fused-ring (bicyclic) bond motifs is 1. The van der Waals surface area contributed by atoms with E-state index in [9.17, 15) is 13.2 Å². The van der Waals surface area contributed by atoms with Gasteiger partial charge < -0.3 is 5.32 Å². The zero-order valence-corrected chi connectivity index (χ0v) is 16.1. The lowest BCUT2D eigenvalue weighted by atomic mass is 10.0. The van der Waals surface area contributed by atoms with Crippen LogP contribution in [0.25, 0.3) is 0 Å². The van der Waals surface area contributed by atoms with E-state index in [0.717, 1.165) is 17.7 Å². The largest absolute Gasteiger partial charge is 0.347 e. The van der Waals surface area contributed by atoms with Gasteiger partial charge in [0.1, 0.15) is 0 Å². The van der Waals surface area contributed by atoms with Gasteiger partial charge in [-0.05, 0) is 56.5 Å². The molecule has 2 aromatic rings. The van der Waals surface area contributed by atoms with E-state index in [1.165, 1.54) is 16.4 Å². The molecular weight excluding hydrogens is 348 g/mol. The number of anilines is 1. The maximum Gasteiger partial charge on any atom is 0.264 e. The van der Waals surface area contributed by atoms with Gasteiger partial charge in [-0.2, -0.15) is 0 Å². The van der Waals surface area contributed by atoms with Gasteiger partial charge in [0, 0.05) is 17.6 Å². The van der Waals surface area contributed by atoms with Gasteiger partial charge >= 0.3 is 0 Å². The Morgan fingerprint density at radius 2 is 1.88 bits per heavy atom. The van der Waals surface area contributed by atoms with E-state index in [4.69, 9.17) is 0 Å². The average molecular weight is 372 g/mol. The normalized spacial score (nSPS) is 14.2. The fraction of sp³-hybridized carbons (Fsp3) is 0.350. The molecule has 0 bridgehead atoms. The van der Waals surface area contributed by atoms with Gasteiger partial charge in [0.25, 0.3) is 15.9 Å². The fourth-order valence-electron chi connectivity index (χ4n) is 2.95. The Morgan fingerprint density at radius 3 is 2.62 bits per heavy atom. The van der Waals surface area contributed by atoms with Crippen molar-refractivity contribution in [1.82, 2.24) is 5.32 Å². The Balaban J connectivity index is 1.92. The molecule has 26 heavy (non-hydrogen) atoms. The van der Waals surface area contributed by atoms with Crippen LogP contribution in [0.3, 0.4) is 0 Å². The first-order valence-electron chi connectivity index (χ1n) is 8.78. The Kier molecular flexibility index (Phi) is 4.80. The van der Waals surface area contributed by atoms with Gasteiger partial charge in [-0.1, -0.05) is 31.2 Å². The number of amides is 1. The molecule has 3 rings (SSSR count). The minimum Gasteiger partial charge on any atom is -0.347 e. The maximum absolute atomic E-state index is 13.1. The van der Waals surface area contributed by atoms with Gasteiger partial charge in [0.2, 0.25) is 0 Å². The Bertz CT molecular complexity index is 936. The van der Waals surface area contributed by atoms with Gasteiger partial charge in [-0.15, -0.1) is 0 Å². The van der Waals surface area contributed by atoms with Crippen LogP contribution >= 0.6 is 0 Å². The number of para-hydroxylation sites is 1. The van der Waals surface area contributed by atoms with Gasteiger partial charge in [0.15, 0.2) is 0 Å². The first kappa shape index (κ1) is 18.5. The highest BCUT2D eigenvalue weighted by Gasteiger charge is 2.31. The van der Waals surface area contributed by atoms with E-state index in [-0.39, 0.29) is 16.3 Å². The number of sulfonamides is 1. The van der Waals surface area contributed by atoms with Crippen molar-refractivity contribution >= 4 is 21.6 Å². The maximum atomic E-state index is 13.1. The Hall–Kier alpha value is -2.34. The van der Waals surface area contributed by atoms with Crippen LogP contribution in [0, 0.1) is 0 Å². The minimum atomic E-state index is -3.70. The predicted octanol–water partition coefficient (Wildman–Crippen LogP) is 3.36. The molecule has 6 heteroatoms. The molecule has 0 radical (unpaired) electrons. The summed E-state index contributed by atoms with van der Waals surface area (Å²) in [6.45, 7) is 6.28. The van der Waals surface area contributed by atoms with Crippen molar-refractivity contribution in [2.45, 2.75) is 44.0 Å². The first-order chi connectivity index (χ1) is 12.2. The topological polar surface area (TPSA) is 66.5 Å². The number of carbonyl (C=O) groups is 1. The summed E-state index contributed by atoms with van der Waals surface area (Å²) in [4.78, 5) is 12.6. The van der Waals surface area contributed by atoms with E-state index in [2.05, 4.69) is 5.32 Å². The number of carbonyl (C=O) groups excluding carboxylic acids is 1. The van der Waals surface area contributed by atoms with Gasteiger partial charge in [0.05, 0.1) is 10.6 Å². The highest BCUT2D eigenvalue weighted by atomic mass is 32.2. The molecular formula is C20H24N2O3S. The third kappa shape index (κ3) is 3.46. The molecule has 5 nitrogen and oxygen atoms in total. The van der Waals surface area contributed by atoms with Crippen LogP contribution in [-0.4, -0.2) is 26.4 Å². The van der Waals surface area contributed by atoms with Crippen LogP contribution in [-0.2, 0) is 16.4 Å². The zero-order valence-electron chi connectivity index (χ0n) is 15.3. The summed E-state index contributed by atoms with van der Waals surface area (Å²) in [6.07, 6.45) is 1.47. The van der Waals surface area contributed by atoms with Crippen molar-refractivity contribution in [2.75, 3.05) is 10.8 Å². The number of hydrogen-bond donors (Lipinski definition) is 1. The van der Waals surface area contributed by atoms with Crippen LogP contribution < -0.4 is 9.62 Å². The quantitative estimate of drug-likeness (QED) is 0.875. The lowest BCUT2D eigenvalue weighted by Crippen LogP contribution is -2.42. The molecule has 0 saturated heterocycles. The zero-order chi connectivity index (χ0) is 18.9. The molecule has 0 fully saturated rings. The van der Waals surface area contributed by atoms with Gasteiger partial charge in [-0.3, -0.25) is 9.10 Å². The fourth-order valence-corrected chi connectivity index (χ4v) is 4.50.